The highest BCUT2D eigenvalue weighted by Crippen LogP contribution is 2.15. The second kappa shape index (κ2) is 12.6. The van der Waals surface area contributed by atoms with Gasteiger partial charge in [-0.15, -0.1) is 24.0 Å². The number of aliphatic hydroxyl groups excluding tert-OH is 1. The van der Waals surface area contributed by atoms with Crippen LogP contribution in [-0.2, 0) is 6.42 Å². The van der Waals surface area contributed by atoms with Gasteiger partial charge >= 0.3 is 0 Å². The van der Waals surface area contributed by atoms with Crippen molar-refractivity contribution < 1.29 is 9.50 Å². The Bertz CT molecular complexity index is 667. The van der Waals surface area contributed by atoms with Crippen molar-refractivity contribution in [2.45, 2.75) is 25.9 Å². The van der Waals surface area contributed by atoms with Gasteiger partial charge in [-0.2, -0.15) is 0 Å². The van der Waals surface area contributed by atoms with Gasteiger partial charge in [0.2, 0.25) is 0 Å². The third-order valence-corrected chi connectivity index (χ3v) is 3.85. The Kier molecular flexibility index (Phi) is 10.9. The summed E-state index contributed by atoms with van der Waals surface area (Å²) in [6.07, 6.45) is 0.615. The molecule has 26 heavy (non-hydrogen) atoms. The Morgan fingerprint density at radius 2 is 1.77 bits per heavy atom. The molecule has 0 amide bonds. The van der Waals surface area contributed by atoms with Crippen molar-refractivity contribution in [3.8, 4) is 0 Å². The Morgan fingerprint density at radius 3 is 2.46 bits per heavy atom. The van der Waals surface area contributed by atoms with E-state index < -0.39 is 6.10 Å². The fourth-order valence-corrected chi connectivity index (χ4v) is 2.50. The van der Waals surface area contributed by atoms with E-state index in [4.69, 9.17) is 0 Å². The predicted octanol–water partition coefficient (Wildman–Crippen LogP) is 3.67. The summed E-state index contributed by atoms with van der Waals surface area (Å²) in [6.45, 7) is 3.83. The molecule has 0 saturated carbocycles. The standard InChI is InChI=1S/C20H26FN3O.HI/c1-2-22-20(23-14-12-16-8-6-7-11-18(16)21)24-15-13-19(25)17-9-4-3-5-10-17;/h3-11,19,25H,2,12-15H2,1H3,(H2,22,23,24);1H. The Hall–Kier alpha value is -1.67. The molecule has 0 aliphatic carbocycles. The second-order valence-electron chi connectivity index (χ2n) is 5.74. The van der Waals surface area contributed by atoms with E-state index in [-0.39, 0.29) is 29.8 Å². The van der Waals surface area contributed by atoms with Crippen LogP contribution in [0.4, 0.5) is 4.39 Å². The van der Waals surface area contributed by atoms with E-state index in [0.717, 1.165) is 12.1 Å². The molecule has 0 heterocycles. The molecule has 3 N–H and O–H groups in total. The first-order valence-corrected chi connectivity index (χ1v) is 8.69. The van der Waals surface area contributed by atoms with Gasteiger partial charge in [0.05, 0.1) is 6.10 Å². The molecule has 6 heteroatoms. The van der Waals surface area contributed by atoms with Crippen LogP contribution in [0.25, 0.3) is 0 Å². The van der Waals surface area contributed by atoms with E-state index >= 15 is 0 Å². The quantitative estimate of drug-likeness (QED) is 0.313. The van der Waals surface area contributed by atoms with Gasteiger partial charge in [0.1, 0.15) is 5.82 Å². The zero-order valence-corrected chi connectivity index (χ0v) is 17.3. The van der Waals surface area contributed by atoms with Crippen molar-refractivity contribution in [3.63, 3.8) is 0 Å². The van der Waals surface area contributed by atoms with Crippen molar-refractivity contribution in [1.29, 1.82) is 0 Å². The van der Waals surface area contributed by atoms with Crippen molar-refractivity contribution in [3.05, 3.63) is 71.5 Å². The zero-order valence-electron chi connectivity index (χ0n) is 15.0. The lowest BCUT2D eigenvalue weighted by Crippen LogP contribution is -2.38. The molecule has 1 unspecified atom stereocenters. The summed E-state index contributed by atoms with van der Waals surface area (Å²) >= 11 is 0. The van der Waals surface area contributed by atoms with E-state index in [1.807, 2.05) is 43.3 Å². The number of hydrogen-bond donors (Lipinski definition) is 3. The molecule has 2 rings (SSSR count). The molecule has 0 aromatic heterocycles. The number of halogens is 2. The molecule has 0 saturated heterocycles. The number of rotatable bonds is 8. The highest BCUT2D eigenvalue weighted by Gasteiger charge is 2.06. The first kappa shape index (κ1) is 22.4. The summed E-state index contributed by atoms with van der Waals surface area (Å²) in [7, 11) is 0. The minimum Gasteiger partial charge on any atom is -0.388 e. The second-order valence-corrected chi connectivity index (χ2v) is 5.74. The fraction of sp³-hybridized carbons (Fsp3) is 0.350. The largest absolute Gasteiger partial charge is 0.388 e. The molecule has 0 fully saturated rings. The van der Waals surface area contributed by atoms with Gasteiger partial charge in [-0.05, 0) is 37.0 Å². The minimum absolute atomic E-state index is 0. The lowest BCUT2D eigenvalue weighted by Gasteiger charge is -2.13. The van der Waals surface area contributed by atoms with Crippen LogP contribution in [0.5, 0.6) is 0 Å². The van der Waals surface area contributed by atoms with Crippen LogP contribution in [-0.4, -0.2) is 30.7 Å². The summed E-state index contributed by atoms with van der Waals surface area (Å²) < 4.78 is 13.6. The van der Waals surface area contributed by atoms with Crippen LogP contribution in [0.3, 0.4) is 0 Å². The molecule has 2 aromatic rings. The molecule has 142 valence electrons. The van der Waals surface area contributed by atoms with Gasteiger partial charge in [-0.1, -0.05) is 48.5 Å². The molecule has 0 radical (unpaired) electrons. The Balaban J connectivity index is 0.00000338. The minimum atomic E-state index is -0.522. The Morgan fingerprint density at radius 1 is 1.08 bits per heavy atom. The average molecular weight is 471 g/mol. The van der Waals surface area contributed by atoms with Crippen LogP contribution < -0.4 is 10.6 Å². The number of hydrogen-bond acceptors (Lipinski definition) is 2. The molecule has 4 nitrogen and oxygen atoms in total. The van der Waals surface area contributed by atoms with E-state index in [9.17, 15) is 9.50 Å². The first-order valence-electron chi connectivity index (χ1n) is 8.69. The molecular weight excluding hydrogens is 444 g/mol. The SMILES string of the molecule is CCNC(=NCCC(O)c1ccccc1)NCCc1ccccc1F.I. The molecule has 1 atom stereocenters. The van der Waals surface area contributed by atoms with E-state index in [0.29, 0.717) is 37.5 Å². The normalized spacial score (nSPS) is 12.2. The predicted molar refractivity (Wildman–Crippen MR) is 116 cm³/mol. The number of aliphatic imine (C=N–C) groups is 1. The van der Waals surface area contributed by atoms with E-state index in [2.05, 4.69) is 15.6 Å². The summed E-state index contributed by atoms with van der Waals surface area (Å²) in [5.41, 5.74) is 1.58. The summed E-state index contributed by atoms with van der Waals surface area (Å²) in [5.74, 6) is 0.497. The van der Waals surface area contributed by atoms with Crippen molar-refractivity contribution >= 4 is 29.9 Å². The first-order chi connectivity index (χ1) is 12.2. The maximum atomic E-state index is 13.6. The van der Waals surface area contributed by atoms with Crippen molar-refractivity contribution in [2.75, 3.05) is 19.6 Å². The third-order valence-electron chi connectivity index (χ3n) is 3.85. The summed E-state index contributed by atoms with van der Waals surface area (Å²) in [6, 6.07) is 16.4. The molecule has 0 aliphatic rings. The third kappa shape index (κ3) is 7.70. The van der Waals surface area contributed by atoms with Gasteiger partial charge in [-0.3, -0.25) is 4.99 Å². The lowest BCUT2D eigenvalue weighted by atomic mass is 10.1. The van der Waals surface area contributed by atoms with Crippen molar-refractivity contribution in [2.24, 2.45) is 4.99 Å². The highest BCUT2D eigenvalue weighted by molar-refractivity contribution is 14.0. The van der Waals surface area contributed by atoms with E-state index in [1.165, 1.54) is 6.07 Å². The van der Waals surface area contributed by atoms with Crippen molar-refractivity contribution in [1.82, 2.24) is 10.6 Å². The number of aliphatic hydroxyl groups is 1. The van der Waals surface area contributed by atoms with Gasteiger partial charge in [0.25, 0.3) is 0 Å². The maximum absolute atomic E-state index is 13.6. The van der Waals surface area contributed by atoms with Gasteiger partial charge in [0.15, 0.2) is 5.96 Å². The Labute approximate surface area is 172 Å². The fourth-order valence-electron chi connectivity index (χ4n) is 2.50. The maximum Gasteiger partial charge on any atom is 0.191 e. The van der Waals surface area contributed by atoms with Crippen LogP contribution in [0.15, 0.2) is 59.6 Å². The highest BCUT2D eigenvalue weighted by atomic mass is 127. The topological polar surface area (TPSA) is 56.7 Å². The lowest BCUT2D eigenvalue weighted by molar-refractivity contribution is 0.170. The van der Waals surface area contributed by atoms with Gasteiger partial charge < -0.3 is 15.7 Å². The zero-order chi connectivity index (χ0) is 17.9. The average Bonchev–Trinajstić information content (AvgIpc) is 2.64. The monoisotopic (exact) mass is 471 g/mol. The molecule has 0 spiro atoms. The van der Waals surface area contributed by atoms with Crippen LogP contribution in [0, 0.1) is 5.82 Å². The van der Waals surface area contributed by atoms with Crippen LogP contribution in [0.2, 0.25) is 0 Å². The van der Waals surface area contributed by atoms with Gasteiger partial charge in [-0.25, -0.2) is 4.39 Å². The molecule has 2 aromatic carbocycles. The molecule has 0 aliphatic heterocycles. The molecular formula is C20H27FIN3O. The molecule has 0 bridgehead atoms. The summed E-state index contributed by atoms with van der Waals surface area (Å²) in [5, 5.41) is 16.5. The number of nitrogens with one attached hydrogen (secondary N) is 2. The van der Waals surface area contributed by atoms with Gasteiger partial charge in [0, 0.05) is 19.6 Å². The van der Waals surface area contributed by atoms with Crippen LogP contribution in [0.1, 0.15) is 30.6 Å². The van der Waals surface area contributed by atoms with Crippen LogP contribution >= 0.6 is 24.0 Å². The van der Waals surface area contributed by atoms with E-state index in [1.54, 1.807) is 12.1 Å². The number of benzene rings is 2. The smallest absolute Gasteiger partial charge is 0.191 e. The number of guanidine groups is 1. The number of nitrogens with zero attached hydrogens (tertiary/aromatic N) is 1. The summed E-state index contributed by atoms with van der Waals surface area (Å²) in [4.78, 5) is 4.47.